The van der Waals surface area contributed by atoms with Crippen molar-refractivity contribution in [3.8, 4) is 11.5 Å². The second kappa shape index (κ2) is 7.73. The van der Waals surface area contributed by atoms with Gasteiger partial charge in [0.2, 0.25) is 5.89 Å². The molecule has 3 unspecified atom stereocenters. The lowest BCUT2D eigenvalue weighted by Crippen LogP contribution is -2.53. The fraction of sp³-hybridized carbons (Fsp3) is 0.360. The summed E-state index contributed by atoms with van der Waals surface area (Å²) in [5.41, 5.74) is 2.44. The van der Waals surface area contributed by atoms with Gasteiger partial charge in [-0.2, -0.15) is 0 Å². The summed E-state index contributed by atoms with van der Waals surface area (Å²) in [6.07, 6.45) is 1.94. The molecule has 2 fully saturated rings. The van der Waals surface area contributed by atoms with Crippen LogP contribution >= 0.6 is 0 Å². The van der Waals surface area contributed by atoms with Gasteiger partial charge in [0, 0.05) is 11.5 Å². The normalized spacial score (nSPS) is 24.1. The summed E-state index contributed by atoms with van der Waals surface area (Å²) in [6.45, 7) is 4.59. The number of hydrogen-bond acceptors (Lipinski definition) is 4. The molecule has 3 aromatic rings. The first kappa shape index (κ1) is 19.1. The molecule has 5 nitrogen and oxygen atoms in total. The van der Waals surface area contributed by atoms with Crippen LogP contribution in [0.25, 0.3) is 11.5 Å². The molecule has 2 heterocycles. The summed E-state index contributed by atoms with van der Waals surface area (Å²) >= 11 is 0. The van der Waals surface area contributed by atoms with Crippen LogP contribution in [0.4, 0.5) is 0 Å². The zero-order valence-corrected chi connectivity index (χ0v) is 17.3. The molecule has 1 amide bonds. The van der Waals surface area contributed by atoms with Crippen molar-refractivity contribution in [2.24, 2.45) is 0 Å². The van der Waals surface area contributed by atoms with E-state index in [1.165, 1.54) is 0 Å². The zero-order chi connectivity index (χ0) is 20.7. The standard InChI is InChI=1S/C25H26N2O3/c1-16-15-29-22(18-9-5-3-6-10-18)17(2)27(16)25(28)21-23(19-13-14-19)30-24(26-21)20-11-7-4-8-12-20/h3-12,16-17,19,22H,13-15H2,1-2H3. The highest BCUT2D eigenvalue weighted by Crippen LogP contribution is 2.44. The van der Waals surface area contributed by atoms with E-state index in [4.69, 9.17) is 9.15 Å². The van der Waals surface area contributed by atoms with Gasteiger partial charge < -0.3 is 14.1 Å². The molecule has 1 aromatic heterocycles. The molecule has 0 radical (unpaired) electrons. The smallest absolute Gasteiger partial charge is 0.276 e. The Morgan fingerprint density at radius 3 is 2.33 bits per heavy atom. The minimum Gasteiger partial charge on any atom is -0.440 e. The van der Waals surface area contributed by atoms with Gasteiger partial charge in [-0.25, -0.2) is 4.98 Å². The third-order valence-electron chi connectivity index (χ3n) is 6.06. The van der Waals surface area contributed by atoms with E-state index in [0.717, 1.165) is 29.7 Å². The Bertz CT molecular complexity index is 1030. The molecule has 2 aromatic carbocycles. The highest BCUT2D eigenvalue weighted by Gasteiger charge is 2.41. The monoisotopic (exact) mass is 402 g/mol. The first-order chi connectivity index (χ1) is 14.6. The van der Waals surface area contributed by atoms with E-state index >= 15 is 0 Å². The van der Waals surface area contributed by atoms with Gasteiger partial charge in [0.1, 0.15) is 11.9 Å². The number of morpholine rings is 1. The molecule has 0 spiro atoms. The molecule has 3 atom stereocenters. The van der Waals surface area contributed by atoms with Crippen molar-refractivity contribution in [2.45, 2.75) is 50.8 Å². The van der Waals surface area contributed by atoms with Crippen LogP contribution in [0.3, 0.4) is 0 Å². The van der Waals surface area contributed by atoms with Crippen molar-refractivity contribution < 1.29 is 13.9 Å². The topological polar surface area (TPSA) is 55.6 Å². The van der Waals surface area contributed by atoms with Gasteiger partial charge in [0.15, 0.2) is 5.69 Å². The molecule has 0 bridgehead atoms. The van der Waals surface area contributed by atoms with Crippen molar-refractivity contribution in [2.75, 3.05) is 6.61 Å². The Balaban J connectivity index is 1.49. The van der Waals surface area contributed by atoms with Crippen LogP contribution in [0.2, 0.25) is 0 Å². The maximum Gasteiger partial charge on any atom is 0.276 e. The average molecular weight is 402 g/mol. The number of nitrogens with zero attached hydrogens (tertiary/aromatic N) is 2. The lowest BCUT2D eigenvalue weighted by molar-refractivity contribution is -0.0808. The summed E-state index contributed by atoms with van der Waals surface area (Å²) in [6, 6.07) is 19.8. The van der Waals surface area contributed by atoms with Crippen molar-refractivity contribution >= 4 is 5.91 Å². The quantitative estimate of drug-likeness (QED) is 0.601. The van der Waals surface area contributed by atoms with Gasteiger partial charge in [-0.05, 0) is 44.4 Å². The molecular weight excluding hydrogens is 376 g/mol. The minimum absolute atomic E-state index is 0.0311. The molecule has 0 N–H and O–H groups in total. The maximum absolute atomic E-state index is 13.7. The summed E-state index contributed by atoms with van der Waals surface area (Å²) in [5, 5.41) is 0. The van der Waals surface area contributed by atoms with Crippen LogP contribution in [-0.2, 0) is 4.74 Å². The van der Waals surface area contributed by atoms with Crippen molar-refractivity contribution in [1.82, 2.24) is 9.88 Å². The number of rotatable bonds is 4. The number of oxazole rings is 1. The van der Waals surface area contributed by atoms with E-state index in [1.54, 1.807) is 0 Å². The predicted octanol–water partition coefficient (Wildman–Crippen LogP) is 5.21. The molecule has 1 aliphatic carbocycles. The number of amides is 1. The zero-order valence-electron chi connectivity index (χ0n) is 17.3. The Labute approximate surface area is 176 Å². The Morgan fingerprint density at radius 2 is 1.67 bits per heavy atom. The van der Waals surface area contributed by atoms with E-state index in [0.29, 0.717) is 24.1 Å². The number of aromatic nitrogens is 1. The van der Waals surface area contributed by atoms with Crippen molar-refractivity contribution in [3.63, 3.8) is 0 Å². The van der Waals surface area contributed by atoms with Crippen LogP contribution in [-0.4, -0.2) is 34.5 Å². The lowest BCUT2D eigenvalue weighted by Gasteiger charge is -2.43. The molecule has 154 valence electrons. The molecule has 5 rings (SSSR count). The average Bonchev–Trinajstić information content (AvgIpc) is 3.53. The van der Waals surface area contributed by atoms with E-state index in [-0.39, 0.29) is 24.1 Å². The van der Waals surface area contributed by atoms with Crippen LogP contribution in [0.15, 0.2) is 65.1 Å². The summed E-state index contributed by atoms with van der Waals surface area (Å²) in [4.78, 5) is 20.4. The fourth-order valence-electron chi connectivity index (χ4n) is 4.35. The van der Waals surface area contributed by atoms with E-state index in [2.05, 4.69) is 24.0 Å². The fourth-order valence-corrected chi connectivity index (χ4v) is 4.35. The highest BCUT2D eigenvalue weighted by molar-refractivity contribution is 5.94. The van der Waals surface area contributed by atoms with Gasteiger partial charge in [0.05, 0.1) is 18.7 Å². The van der Waals surface area contributed by atoms with Gasteiger partial charge in [-0.1, -0.05) is 48.5 Å². The van der Waals surface area contributed by atoms with E-state index in [9.17, 15) is 4.79 Å². The number of carbonyl (C=O) groups excluding carboxylic acids is 1. The highest BCUT2D eigenvalue weighted by atomic mass is 16.5. The first-order valence-electron chi connectivity index (χ1n) is 10.7. The van der Waals surface area contributed by atoms with Gasteiger partial charge in [-0.15, -0.1) is 0 Å². The Hall–Kier alpha value is -2.92. The van der Waals surface area contributed by atoms with Crippen molar-refractivity contribution in [1.29, 1.82) is 0 Å². The lowest BCUT2D eigenvalue weighted by atomic mass is 9.98. The number of ether oxygens (including phenoxy) is 1. The SMILES string of the molecule is CC1COC(c2ccccc2)C(C)N1C(=O)c1nc(-c2ccccc2)oc1C1CC1. The number of benzene rings is 2. The van der Waals surface area contributed by atoms with Crippen LogP contribution in [0.5, 0.6) is 0 Å². The van der Waals surface area contributed by atoms with Gasteiger partial charge in [-0.3, -0.25) is 4.79 Å². The summed E-state index contributed by atoms with van der Waals surface area (Å²) in [7, 11) is 0. The summed E-state index contributed by atoms with van der Waals surface area (Å²) < 4.78 is 12.3. The van der Waals surface area contributed by atoms with Crippen molar-refractivity contribution in [3.05, 3.63) is 77.7 Å². The third-order valence-corrected chi connectivity index (χ3v) is 6.06. The minimum atomic E-state index is -0.156. The molecule has 30 heavy (non-hydrogen) atoms. The van der Waals surface area contributed by atoms with Gasteiger partial charge >= 0.3 is 0 Å². The summed E-state index contributed by atoms with van der Waals surface area (Å²) in [5.74, 6) is 1.49. The molecule has 1 aliphatic heterocycles. The number of carbonyl (C=O) groups is 1. The largest absolute Gasteiger partial charge is 0.440 e. The molecule has 2 aliphatic rings. The van der Waals surface area contributed by atoms with Crippen LogP contribution < -0.4 is 0 Å². The number of hydrogen-bond donors (Lipinski definition) is 0. The van der Waals surface area contributed by atoms with E-state index < -0.39 is 0 Å². The van der Waals surface area contributed by atoms with Crippen LogP contribution in [0.1, 0.15) is 60.5 Å². The second-order valence-electron chi connectivity index (χ2n) is 8.34. The third kappa shape index (κ3) is 3.43. The maximum atomic E-state index is 13.7. The van der Waals surface area contributed by atoms with Gasteiger partial charge in [0.25, 0.3) is 5.91 Å². The van der Waals surface area contributed by atoms with E-state index in [1.807, 2.05) is 60.4 Å². The molecule has 1 saturated carbocycles. The predicted molar refractivity (Wildman–Crippen MR) is 114 cm³/mol. The first-order valence-corrected chi connectivity index (χ1v) is 10.7. The Kier molecular flexibility index (Phi) is 4.91. The second-order valence-corrected chi connectivity index (χ2v) is 8.34. The van der Waals surface area contributed by atoms with Crippen LogP contribution in [0, 0.1) is 0 Å². The molecule has 1 saturated heterocycles. The Morgan fingerprint density at radius 1 is 1.00 bits per heavy atom. The molecular formula is C25H26N2O3. The molecule has 5 heteroatoms.